The second-order valence-corrected chi connectivity index (χ2v) is 5.09. The zero-order valence-electron chi connectivity index (χ0n) is 9.62. The number of H-pyrrole nitrogens is 1. The van der Waals surface area contributed by atoms with E-state index >= 15 is 0 Å². The molecule has 1 amide bonds. The number of aliphatic hydroxyl groups excluding tert-OH is 1. The van der Waals surface area contributed by atoms with Crippen LogP contribution in [-0.2, 0) is 0 Å². The number of nitrogens with zero attached hydrogens (tertiary/aromatic N) is 2. The molecule has 0 aromatic carbocycles. The van der Waals surface area contributed by atoms with Crippen molar-refractivity contribution in [2.75, 3.05) is 7.05 Å². The second kappa shape index (κ2) is 4.15. The maximum absolute atomic E-state index is 11.5. The van der Waals surface area contributed by atoms with E-state index in [9.17, 15) is 9.90 Å². The lowest BCUT2D eigenvalue weighted by Gasteiger charge is -2.12. The lowest BCUT2D eigenvalue weighted by Crippen LogP contribution is -2.27. The van der Waals surface area contributed by atoms with Gasteiger partial charge < -0.3 is 15.0 Å². The zero-order chi connectivity index (χ0) is 12.7. The molecule has 92 valence electrons. The fraction of sp³-hybridized carbons (Fsp3) is 0.167. The molecular weight excluding hydrogens is 250 g/mol. The normalized spacial score (nSPS) is 22.3. The molecule has 3 heterocycles. The molecule has 0 saturated carbocycles. The SMILES string of the molecule is CN1C(=O)S/C(=C\c2c[nH]c3ccncc23)C1O. The average molecular weight is 261 g/mol. The van der Waals surface area contributed by atoms with E-state index in [1.54, 1.807) is 19.4 Å². The van der Waals surface area contributed by atoms with Crippen LogP contribution in [0.1, 0.15) is 5.56 Å². The number of carbonyl (C=O) groups excluding carboxylic acids is 1. The molecule has 2 aromatic heterocycles. The van der Waals surface area contributed by atoms with E-state index in [2.05, 4.69) is 9.97 Å². The first-order valence-corrected chi connectivity index (χ1v) is 6.24. The van der Waals surface area contributed by atoms with Crippen LogP contribution in [0.15, 0.2) is 29.6 Å². The minimum Gasteiger partial charge on any atom is -0.369 e. The van der Waals surface area contributed by atoms with Gasteiger partial charge in [-0.05, 0) is 23.9 Å². The van der Waals surface area contributed by atoms with Gasteiger partial charge in [-0.1, -0.05) is 0 Å². The maximum Gasteiger partial charge on any atom is 0.288 e. The Hall–Kier alpha value is -1.79. The van der Waals surface area contributed by atoms with Gasteiger partial charge in [-0.2, -0.15) is 0 Å². The van der Waals surface area contributed by atoms with E-state index in [1.165, 1.54) is 4.90 Å². The van der Waals surface area contributed by atoms with Crippen molar-refractivity contribution in [2.45, 2.75) is 6.23 Å². The molecule has 2 N–H and O–H groups in total. The summed E-state index contributed by atoms with van der Waals surface area (Å²) in [5.41, 5.74) is 1.90. The number of aromatic amines is 1. The van der Waals surface area contributed by atoms with Crippen LogP contribution in [0.25, 0.3) is 17.0 Å². The van der Waals surface area contributed by atoms with Crippen LogP contribution in [0.4, 0.5) is 4.79 Å². The molecule has 1 fully saturated rings. The minimum atomic E-state index is -0.857. The van der Waals surface area contributed by atoms with E-state index in [4.69, 9.17) is 0 Å². The molecule has 5 nitrogen and oxygen atoms in total. The number of rotatable bonds is 1. The third-order valence-electron chi connectivity index (χ3n) is 2.93. The first-order valence-electron chi connectivity index (χ1n) is 5.42. The van der Waals surface area contributed by atoms with Crippen LogP contribution in [0.2, 0.25) is 0 Å². The van der Waals surface area contributed by atoms with Gasteiger partial charge in [0, 0.05) is 47.0 Å². The van der Waals surface area contributed by atoms with Gasteiger partial charge in [0.15, 0.2) is 6.23 Å². The number of likely N-dealkylation sites (N-methyl/N-ethyl adjacent to an activating group) is 1. The van der Waals surface area contributed by atoms with Gasteiger partial charge in [0.25, 0.3) is 5.24 Å². The maximum atomic E-state index is 11.5. The van der Waals surface area contributed by atoms with Gasteiger partial charge in [-0.3, -0.25) is 9.78 Å². The lowest BCUT2D eigenvalue weighted by atomic mass is 10.2. The molecular formula is C12H11N3O2S. The number of fused-ring (bicyclic) bond motifs is 1. The van der Waals surface area contributed by atoms with Crippen molar-refractivity contribution >= 4 is 34.0 Å². The van der Waals surface area contributed by atoms with Crippen LogP contribution in [0, 0.1) is 0 Å². The van der Waals surface area contributed by atoms with Crippen LogP contribution in [0.5, 0.6) is 0 Å². The summed E-state index contributed by atoms with van der Waals surface area (Å²) < 4.78 is 0. The number of amides is 1. The van der Waals surface area contributed by atoms with Crippen molar-refractivity contribution < 1.29 is 9.90 Å². The van der Waals surface area contributed by atoms with Gasteiger partial charge in [0.2, 0.25) is 0 Å². The van der Waals surface area contributed by atoms with Crippen LogP contribution >= 0.6 is 11.8 Å². The lowest BCUT2D eigenvalue weighted by molar-refractivity contribution is 0.0990. The highest BCUT2D eigenvalue weighted by molar-refractivity contribution is 8.17. The first-order chi connectivity index (χ1) is 8.66. The van der Waals surface area contributed by atoms with E-state index in [0.717, 1.165) is 28.2 Å². The topological polar surface area (TPSA) is 69.2 Å². The fourth-order valence-electron chi connectivity index (χ4n) is 1.88. The standard InChI is InChI=1S/C12H11N3O2S/c1-15-11(16)10(18-12(15)17)4-7-5-14-9-2-3-13-6-8(7)9/h2-6,11,14,16H,1H3/b10-4-. The molecule has 0 bridgehead atoms. The quantitative estimate of drug-likeness (QED) is 0.824. The van der Waals surface area contributed by atoms with Crippen molar-refractivity contribution in [1.82, 2.24) is 14.9 Å². The van der Waals surface area contributed by atoms with Crippen LogP contribution in [0.3, 0.4) is 0 Å². The number of pyridine rings is 1. The third-order valence-corrected chi connectivity index (χ3v) is 3.95. The summed E-state index contributed by atoms with van der Waals surface area (Å²) in [4.78, 5) is 20.6. The van der Waals surface area contributed by atoms with Crippen LogP contribution in [-0.4, -0.2) is 38.5 Å². The van der Waals surface area contributed by atoms with Crippen molar-refractivity contribution in [3.05, 3.63) is 35.1 Å². The molecule has 1 atom stereocenters. The summed E-state index contributed by atoms with van der Waals surface area (Å²) in [5, 5.41) is 10.7. The Kier molecular flexibility index (Phi) is 2.61. The first kappa shape index (κ1) is 11.3. The van der Waals surface area contributed by atoms with Crippen molar-refractivity contribution in [2.24, 2.45) is 0 Å². The number of aromatic nitrogens is 2. The number of hydrogen-bond donors (Lipinski definition) is 2. The van der Waals surface area contributed by atoms with Crippen molar-refractivity contribution in [3.63, 3.8) is 0 Å². The largest absolute Gasteiger partial charge is 0.369 e. The minimum absolute atomic E-state index is 0.147. The average Bonchev–Trinajstić information content (AvgIpc) is 2.89. The molecule has 1 aliphatic rings. The number of aliphatic hydroxyl groups is 1. The predicted octanol–water partition coefficient (Wildman–Crippen LogP) is 2.02. The highest BCUT2D eigenvalue weighted by atomic mass is 32.2. The Morgan fingerprint density at radius 1 is 1.61 bits per heavy atom. The molecule has 1 saturated heterocycles. The summed E-state index contributed by atoms with van der Waals surface area (Å²) in [5.74, 6) is 0. The molecule has 2 aromatic rings. The molecule has 0 spiro atoms. The highest BCUT2D eigenvalue weighted by Crippen LogP contribution is 2.35. The molecule has 18 heavy (non-hydrogen) atoms. The summed E-state index contributed by atoms with van der Waals surface area (Å²) in [6, 6.07) is 1.88. The van der Waals surface area contributed by atoms with Gasteiger partial charge >= 0.3 is 0 Å². The van der Waals surface area contributed by atoms with Crippen LogP contribution < -0.4 is 0 Å². The van der Waals surface area contributed by atoms with Crippen molar-refractivity contribution in [3.8, 4) is 0 Å². The second-order valence-electron chi connectivity index (χ2n) is 4.06. The Morgan fingerprint density at radius 2 is 2.44 bits per heavy atom. The summed E-state index contributed by atoms with van der Waals surface area (Å²) in [6.07, 6.45) is 6.28. The summed E-state index contributed by atoms with van der Waals surface area (Å²) in [7, 11) is 1.58. The Morgan fingerprint density at radius 3 is 3.17 bits per heavy atom. The summed E-state index contributed by atoms with van der Waals surface area (Å²) in [6.45, 7) is 0. The molecule has 0 radical (unpaired) electrons. The predicted molar refractivity (Wildman–Crippen MR) is 70.8 cm³/mol. The molecule has 1 aliphatic heterocycles. The monoisotopic (exact) mass is 261 g/mol. The molecule has 1 unspecified atom stereocenters. The Labute approximate surface area is 108 Å². The van der Waals surface area contributed by atoms with E-state index < -0.39 is 6.23 Å². The van der Waals surface area contributed by atoms with E-state index in [-0.39, 0.29) is 5.24 Å². The van der Waals surface area contributed by atoms with Gasteiger partial charge in [0.05, 0.1) is 0 Å². The number of thioether (sulfide) groups is 1. The number of carbonyl (C=O) groups is 1. The Balaban J connectivity index is 2.04. The third kappa shape index (κ3) is 1.70. The van der Waals surface area contributed by atoms with Gasteiger partial charge in [-0.25, -0.2) is 0 Å². The summed E-state index contributed by atoms with van der Waals surface area (Å²) >= 11 is 1.05. The number of hydrogen-bond acceptors (Lipinski definition) is 4. The molecule has 3 rings (SSSR count). The number of nitrogens with one attached hydrogen (secondary N) is 1. The molecule has 0 aliphatic carbocycles. The fourth-order valence-corrected chi connectivity index (χ4v) is 2.77. The van der Waals surface area contributed by atoms with E-state index in [0.29, 0.717) is 4.91 Å². The van der Waals surface area contributed by atoms with Gasteiger partial charge in [-0.15, -0.1) is 0 Å². The smallest absolute Gasteiger partial charge is 0.288 e. The van der Waals surface area contributed by atoms with E-state index in [1.807, 2.05) is 18.3 Å². The van der Waals surface area contributed by atoms with Crippen molar-refractivity contribution in [1.29, 1.82) is 0 Å². The zero-order valence-corrected chi connectivity index (χ0v) is 10.4. The van der Waals surface area contributed by atoms with Gasteiger partial charge in [0.1, 0.15) is 0 Å². The Bertz CT molecular complexity index is 650. The highest BCUT2D eigenvalue weighted by Gasteiger charge is 2.31. The molecule has 6 heteroatoms.